The van der Waals surface area contributed by atoms with Gasteiger partial charge in [0, 0.05) is 12.1 Å². The Balaban J connectivity index is 5.11. The van der Waals surface area contributed by atoms with Gasteiger partial charge in [-0.05, 0) is 19.8 Å². The van der Waals surface area contributed by atoms with E-state index in [9.17, 15) is 14.4 Å². The lowest BCUT2D eigenvalue weighted by Gasteiger charge is -2.32. The number of hydrogen-bond donors (Lipinski definition) is 2. The minimum absolute atomic E-state index is 0.0782. The molecule has 0 unspecified atom stereocenters. The number of carboxylic acid groups (broad SMARTS) is 1. The Hall–Kier alpha value is -1.85. The van der Waals surface area contributed by atoms with Gasteiger partial charge < -0.3 is 15.3 Å². The highest BCUT2D eigenvalue weighted by atomic mass is 16.4. The van der Waals surface area contributed by atoms with Crippen LogP contribution in [0.25, 0.3) is 0 Å². The standard InChI is InChI=1S/C13H22N2O4/c1-5-15(12(17)7-14-8-16)11(9(2)3)6-10(4)13(18)19/h6,8-9,11H,5,7H2,1-4H3,(H,14,16)(H,18,19)/t11-/m1/s1. The zero-order valence-electron chi connectivity index (χ0n) is 11.8. The Morgan fingerprint density at radius 1 is 1.37 bits per heavy atom. The smallest absolute Gasteiger partial charge is 0.331 e. The molecule has 0 aromatic carbocycles. The minimum atomic E-state index is -1.000. The Kier molecular flexibility index (Phi) is 7.48. The number of nitrogens with one attached hydrogen (secondary N) is 1. The molecule has 0 saturated heterocycles. The maximum absolute atomic E-state index is 12.0. The second-order valence-electron chi connectivity index (χ2n) is 4.57. The fourth-order valence-corrected chi connectivity index (χ4v) is 1.75. The van der Waals surface area contributed by atoms with E-state index < -0.39 is 5.97 Å². The van der Waals surface area contributed by atoms with Crippen LogP contribution in [0.2, 0.25) is 0 Å². The van der Waals surface area contributed by atoms with Crippen LogP contribution in [0.5, 0.6) is 0 Å². The number of carbonyl (C=O) groups excluding carboxylic acids is 2. The lowest BCUT2D eigenvalue weighted by atomic mass is 9.99. The highest BCUT2D eigenvalue weighted by molar-refractivity contribution is 5.86. The molecule has 0 spiro atoms. The molecule has 0 aromatic heterocycles. The Morgan fingerprint density at radius 2 is 1.95 bits per heavy atom. The van der Waals surface area contributed by atoms with E-state index in [0.717, 1.165) is 0 Å². The third-order valence-electron chi connectivity index (χ3n) is 2.80. The number of amides is 2. The number of aliphatic carboxylic acids is 1. The van der Waals surface area contributed by atoms with E-state index in [-0.39, 0.29) is 30.0 Å². The zero-order chi connectivity index (χ0) is 15.0. The van der Waals surface area contributed by atoms with Crippen LogP contribution in [-0.2, 0) is 14.4 Å². The van der Waals surface area contributed by atoms with Gasteiger partial charge in [-0.15, -0.1) is 0 Å². The predicted octanol–water partition coefficient (Wildman–Crippen LogP) is 0.636. The van der Waals surface area contributed by atoms with Crippen molar-refractivity contribution in [2.75, 3.05) is 13.1 Å². The first kappa shape index (κ1) is 17.2. The molecule has 0 saturated carbocycles. The second kappa shape index (κ2) is 8.29. The predicted molar refractivity (Wildman–Crippen MR) is 71.5 cm³/mol. The van der Waals surface area contributed by atoms with Gasteiger partial charge in [-0.1, -0.05) is 19.9 Å². The van der Waals surface area contributed by atoms with Gasteiger partial charge >= 0.3 is 5.97 Å². The highest BCUT2D eigenvalue weighted by Gasteiger charge is 2.23. The van der Waals surface area contributed by atoms with Crippen molar-refractivity contribution in [3.05, 3.63) is 11.6 Å². The molecule has 0 bridgehead atoms. The van der Waals surface area contributed by atoms with E-state index in [4.69, 9.17) is 5.11 Å². The molecule has 0 aliphatic rings. The molecule has 6 nitrogen and oxygen atoms in total. The highest BCUT2D eigenvalue weighted by Crippen LogP contribution is 2.14. The van der Waals surface area contributed by atoms with Gasteiger partial charge in [0.05, 0.1) is 12.6 Å². The summed E-state index contributed by atoms with van der Waals surface area (Å²) in [4.78, 5) is 34.6. The zero-order valence-corrected chi connectivity index (χ0v) is 11.8. The number of hydrogen-bond acceptors (Lipinski definition) is 3. The molecular formula is C13H22N2O4. The van der Waals surface area contributed by atoms with Gasteiger partial charge in [0.25, 0.3) is 0 Å². The van der Waals surface area contributed by atoms with Crippen LogP contribution in [-0.4, -0.2) is 47.4 Å². The van der Waals surface area contributed by atoms with Crippen molar-refractivity contribution in [2.24, 2.45) is 5.92 Å². The monoisotopic (exact) mass is 270 g/mol. The minimum Gasteiger partial charge on any atom is -0.478 e. The van der Waals surface area contributed by atoms with Crippen LogP contribution in [0.1, 0.15) is 27.7 Å². The summed E-state index contributed by atoms with van der Waals surface area (Å²) in [7, 11) is 0. The maximum atomic E-state index is 12.0. The van der Waals surface area contributed by atoms with Crippen molar-refractivity contribution in [1.29, 1.82) is 0 Å². The summed E-state index contributed by atoms with van der Waals surface area (Å²) in [6.07, 6.45) is 2.05. The first-order chi connectivity index (χ1) is 8.84. The van der Waals surface area contributed by atoms with Crippen LogP contribution in [0.15, 0.2) is 11.6 Å². The van der Waals surface area contributed by atoms with Crippen molar-refractivity contribution < 1.29 is 19.5 Å². The molecule has 0 aromatic rings. The third kappa shape index (κ3) is 5.54. The molecule has 0 aliphatic carbocycles. The van der Waals surface area contributed by atoms with E-state index >= 15 is 0 Å². The van der Waals surface area contributed by atoms with Crippen LogP contribution in [0.3, 0.4) is 0 Å². The second-order valence-corrected chi connectivity index (χ2v) is 4.57. The van der Waals surface area contributed by atoms with E-state index in [2.05, 4.69) is 5.32 Å². The average molecular weight is 270 g/mol. The number of carbonyl (C=O) groups is 3. The number of likely N-dealkylation sites (N-methyl/N-ethyl adjacent to an activating group) is 1. The molecule has 0 fully saturated rings. The number of nitrogens with zero attached hydrogens (tertiary/aromatic N) is 1. The fourth-order valence-electron chi connectivity index (χ4n) is 1.75. The van der Waals surface area contributed by atoms with Gasteiger partial charge in [0.15, 0.2) is 0 Å². The lowest BCUT2D eigenvalue weighted by Crippen LogP contribution is -2.46. The Labute approximate surface area is 113 Å². The summed E-state index contributed by atoms with van der Waals surface area (Å²) in [5.74, 6) is -1.16. The van der Waals surface area contributed by atoms with Gasteiger partial charge in [-0.25, -0.2) is 4.79 Å². The quantitative estimate of drug-likeness (QED) is 0.500. The van der Waals surface area contributed by atoms with Gasteiger partial charge in [0.2, 0.25) is 12.3 Å². The lowest BCUT2D eigenvalue weighted by molar-refractivity contribution is -0.134. The van der Waals surface area contributed by atoms with Crippen molar-refractivity contribution in [3.63, 3.8) is 0 Å². The van der Waals surface area contributed by atoms with Crippen molar-refractivity contribution >= 4 is 18.3 Å². The molecule has 0 heterocycles. The summed E-state index contributed by atoms with van der Waals surface area (Å²) < 4.78 is 0. The molecule has 0 rings (SSSR count). The van der Waals surface area contributed by atoms with Crippen molar-refractivity contribution in [2.45, 2.75) is 33.7 Å². The topological polar surface area (TPSA) is 86.7 Å². The van der Waals surface area contributed by atoms with E-state index in [1.165, 1.54) is 6.92 Å². The van der Waals surface area contributed by atoms with Gasteiger partial charge in [-0.3, -0.25) is 9.59 Å². The summed E-state index contributed by atoms with van der Waals surface area (Å²) in [6, 6.07) is -0.304. The van der Waals surface area contributed by atoms with Gasteiger partial charge in [-0.2, -0.15) is 0 Å². The maximum Gasteiger partial charge on any atom is 0.331 e. The molecule has 2 N–H and O–H groups in total. The van der Waals surface area contributed by atoms with Crippen molar-refractivity contribution in [1.82, 2.24) is 10.2 Å². The first-order valence-corrected chi connectivity index (χ1v) is 6.23. The molecule has 19 heavy (non-hydrogen) atoms. The van der Waals surface area contributed by atoms with Crippen molar-refractivity contribution in [3.8, 4) is 0 Å². The van der Waals surface area contributed by atoms with E-state index in [1.54, 1.807) is 11.0 Å². The molecule has 0 aliphatic heterocycles. The molecular weight excluding hydrogens is 248 g/mol. The van der Waals surface area contributed by atoms with Crippen LogP contribution in [0.4, 0.5) is 0 Å². The molecule has 2 amide bonds. The summed E-state index contributed by atoms with van der Waals surface area (Å²) >= 11 is 0. The summed E-state index contributed by atoms with van der Waals surface area (Å²) in [5, 5.41) is 11.2. The molecule has 6 heteroatoms. The SMILES string of the molecule is CCN(C(=O)CNC=O)[C@H](C=C(C)C(=O)O)C(C)C. The normalized spacial score (nSPS) is 13.0. The third-order valence-corrected chi connectivity index (χ3v) is 2.80. The number of rotatable bonds is 8. The fraction of sp³-hybridized carbons (Fsp3) is 0.615. The largest absolute Gasteiger partial charge is 0.478 e. The van der Waals surface area contributed by atoms with Crippen LogP contribution < -0.4 is 5.32 Å². The summed E-state index contributed by atoms with van der Waals surface area (Å²) in [5.41, 5.74) is 0.202. The number of carboxylic acids is 1. The van der Waals surface area contributed by atoms with Crippen LogP contribution >= 0.6 is 0 Å². The Bertz CT molecular complexity index is 364. The molecule has 0 radical (unpaired) electrons. The summed E-state index contributed by atoms with van der Waals surface area (Å²) in [6.45, 7) is 7.52. The average Bonchev–Trinajstić information content (AvgIpc) is 2.35. The van der Waals surface area contributed by atoms with Crippen LogP contribution in [0, 0.1) is 5.92 Å². The first-order valence-electron chi connectivity index (χ1n) is 6.23. The molecule has 1 atom stereocenters. The van der Waals surface area contributed by atoms with E-state index in [0.29, 0.717) is 13.0 Å². The van der Waals surface area contributed by atoms with E-state index in [1.807, 2.05) is 20.8 Å². The molecule has 108 valence electrons. The van der Waals surface area contributed by atoms with Gasteiger partial charge in [0.1, 0.15) is 0 Å². The Morgan fingerprint density at radius 3 is 2.32 bits per heavy atom.